The lowest BCUT2D eigenvalue weighted by molar-refractivity contribution is 0.166. The number of hydrogen-bond donors (Lipinski definition) is 2. The summed E-state index contributed by atoms with van der Waals surface area (Å²) in [5.41, 5.74) is 1.97. The molecule has 2 aromatic carbocycles. The summed E-state index contributed by atoms with van der Waals surface area (Å²) < 4.78 is 11.3. The van der Waals surface area contributed by atoms with Gasteiger partial charge >= 0.3 is 6.03 Å². The van der Waals surface area contributed by atoms with Crippen molar-refractivity contribution in [3.63, 3.8) is 0 Å². The Labute approximate surface area is 139 Å². The SMILES string of the molecule is COc1cc2c(cc1NC(=O)N(C)C(C)CO)oc1ccccc12. The number of carbonyl (C=O) groups excluding carboxylic acids is 1. The Morgan fingerprint density at radius 1 is 1.29 bits per heavy atom. The van der Waals surface area contributed by atoms with Gasteiger partial charge in [0.05, 0.1) is 25.4 Å². The summed E-state index contributed by atoms with van der Waals surface area (Å²) in [5.74, 6) is 0.549. The fourth-order valence-corrected chi connectivity index (χ4v) is 2.54. The highest BCUT2D eigenvalue weighted by molar-refractivity contribution is 6.07. The zero-order valence-electron chi connectivity index (χ0n) is 13.9. The van der Waals surface area contributed by atoms with Crippen molar-refractivity contribution < 1.29 is 19.1 Å². The van der Waals surface area contributed by atoms with Gasteiger partial charge in [-0.2, -0.15) is 0 Å². The Bertz CT molecular complexity index is 887. The van der Waals surface area contributed by atoms with Crippen molar-refractivity contribution in [3.8, 4) is 5.75 Å². The number of nitrogens with zero attached hydrogens (tertiary/aromatic N) is 1. The van der Waals surface area contributed by atoms with E-state index in [9.17, 15) is 9.90 Å². The maximum absolute atomic E-state index is 12.3. The van der Waals surface area contributed by atoms with Crippen LogP contribution in [0.15, 0.2) is 40.8 Å². The lowest BCUT2D eigenvalue weighted by atomic mass is 10.1. The summed E-state index contributed by atoms with van der Waals surface area (Å²) in [7, 11) is 3.18. The van der Waals surface area contributed by atoms with Crippen LogP contribution < -0.4 is 10.1 Å². The van der Waals surface area contributed by atoms with E-state index in [4.69, 9.17) is 9.15 Å². The number of ether oxygens (including phenoxy) is 1. The smallest absolute Gasteiger partial charge is 0.322 e. The Morgan fingerprint density at radius 3 is 2.75 bits per heavy atom. The summed E-state index contributed by atoms with van der Waals surface area (Å²) in [4.78, 5) is 13.7. The van der Waals surface area contributed by atoms with Crippen molar-refractivity contribution in [1.82, 2.24) is 4.90 Å². The van der Waals surface area contributed by atoms with Crippen molar-refractivity contribution in [2.75, 3.05) is 26.1 Å². The van der Waals surface area contributed by atoms with Gasteiger partial charge in [-0.25, -0.2) is 4.79 Å². The van der Waals surface area contributed by atoms with Crippen LogP contribution in [0.4, 0.5) is 10.5 Å². The molecule has 0 saturated heterocycles. The second-order valence-corrected chi connectivity index (χ2v) is 5.72. The van der Waals surface area contributed by atoms with Gasteiger partial charge in [-0.15, -0.1) is 0 Å². The molecule has 0 aliphatic carbocycles. The molecule has 2 N–H and O–H groups in total. The van der Waals surface area contributed by atoms with Crippen molar-refractivity contribution in [2.24, 2.45) is 0 Å². The van der Waals surface area contributed by atoms with Crippen LogP contribution in [0.2, 0.25) is 0 Å². The molecule has 3 aromatic rings. The molecule has 0 fully saturated rings. The number of methoxy groups -OCH3 is 1. The second kappa shape index (κ2) is 6.41. The van der Waals surface area contributed by atoms with Crippen LogP contribution in [0.25, 0.3) is 21.9 Å². The maximum Gasteiger partial charge on any atom is 0.322 e. The molecule has 2 amide bonds. The molecule has 3 rings (SSSR count). The number of fused-ring (bicyclic) bond motifs is 3. The highest BCUT2D eigenvalue weighted by atomic mass is 16.5. The number of amides is 2. The third-order valence-corrected chi connectivity index (χ3v) is 4.19. The minimum atomic E-state index is -0.328. The van der Waals surface area contributed by atoms with Crippen molar-refractivity contribution >= 4 is 33.7 Å². The van der Waals surface area contributed by atoms with Crippen molar-refractivity contribution in [1.29, 1.82) is 0 Å². The zero-order valence-corrected chi connectivity index (χ0v) is 13.9. The Morgan fingerprint density at radius 2 is 2.04 bits per heavy atom. The number of aliphatic hydroxyl groups is 1. The van der Waals surface area contributed by atoms with Gasteiger partial charge < -0.3 is 24.5 Å². The van der Waals surface area contributed by atoms with E-state index in [1.165, 1.54) is 4.90 Å². The normalized spacial score (nSPS) is 12.3. The third kappa shape index (κ3) is 2.76. The standard InChI is InChI=1S/C18H20N2O4/c1-11(10-21)20(2)18(22)19-14-9-16-13(8-17(14)23-3)12-6-4-5-7-15(12)24-16/h4-9,11,21H,10H2,1-3H3,(H,19,22). The van der Waals surface area contributed by atoms with Gasteiger partial charge in [0.15, 0.2) is 0 Å². The molecule has 1 atom stereocenters. The first-order chi connectivity index (χ1) is 11.5. The lowest BCUT2D eigenvalue weighted by Crippen LogP contribution is -2.40. The van der Waals surface area contributed by atoms with Crippen LogP contribution in [-0.2, 0) is 0 Å². The van der Waals surface area contributed by atoms with E-state index in [2.05, 4.69) is 5.32 Å². The van der Waals surface area contributed by atoms with E-state index in [0.29, 0.717) is 17.0 Å². The summed E-state index contributed by atoms with van der Waals surface area (Å²) in [6, 6.07) is 10.7. The average molecular weight is 328 g/mol. The Hall–Kier alpha value is -2.73. The number of hydrogen-bond acceptors (Lipinski definition) is 4. The largest absolute Gasteiger partial charge is 0.495 e. The molecule has 1 unspecified atom stereocenters. The number of para-hydroxylation sites is 1. The second-order valence-electron chi connectivity index (χ2n) is 5.72. The lowest BCUT2D eigenvalue weighted by Gasteiger charge is -2.23. The molecule has 0 spiro atoms. The first kappa shape index (κ1) is 16.1. The molecule has 1 aromatic heterocycles. The number of likely N-dealkylation sites (N-methyl/N-ethyl adjacent to an activating group) is 1. The molecule has 0 aliphatic heterocycles. The molecule has 0 saturated carbocycles. The van der Waals surface area contributed by atoms with Crippen LogP contribution in [0.3, 0.4) is 0 Å². The number of furan rings is 1. The third-order valence-electron chi connectivity index (χ3n) is 4.19. The molecule has 0 radical (unpaired) electrons. The highest BCUT2D eigenvalue weighted by Crippen LogP contribution is 2.36. The monoisotopic (exact) mass is 328 g/mol. The first-order valence-corrected chi connectivity index (χ1v) is 7.69. The van der Waals surface area contributed by atoms with E-state index >= 15 is 0 Å². The first-order valence-electron chi connectivity index (χ1n) is 7.69. The molecule has 0 bridgehead atoms. The predicted octanol–water partition coefficient (Wildman–Crippen LogP) is 3.44. The van der Waals surface area contributed by atoms with Crippen LogP contribution in [0.5, 0.6) is 5.75 Å². The topological polar surface area (TPSA) is 74.9 Å². The zero-order chi connectivity index (χ0) is 17.3. The van der Waals surface area contributed by atoms with Gasteiger partial charge in [-0.05, 0) is 19.1 Å². The van der Waals surface area contributed by atoms with Gasteiger partial charge in [0, 0.05) is 23.9 Å². The number of carbonyl (C=O) groups is 1. The van der Waals surface area contributed by atoms with E-state index < -0.39 is 0 Å². The molecule has 0 aliphatic rings. The minimum Gasteiger partial charge on any atom is -0.495 e. The van der Waals surface area contributed by atoms with E-state index in [1.54, 1.807) is 27.1 Å². The number of nitrogens with one attached hydrogen (secondary N) is 1. The van der Waals surface area contributed by atoms with Gasteiger partial charge in [0.2, 0.25) is 0 Å². The summed E-state index contributed by atoms with van der Waals surface area (Å²) in [6.45, 7) is 1.66. The number of benzene rings is 2. The molecule has 126 valence electrons. The van der Waals surface area contributed by atoms with Crippen LogP contribution in [0, 0.1) is 0 Å². The summed E-state index contributed by atoms with van der Waals surface area (Å²) in [5, 5.41) is 13.9. The van der Waals surface area contributed by atoms with Gasteiger partial charge in [0.1, 0.15) is 16.9 Å². The molecule has 1 heterocycles. The number of urea groups is 1. The highest BCUT2D eigenvalue weighted by Gasteiger charge is 2.18. The van der Waals surface area contributed by atoms with Crippen LogP contribution >= 0.6 is 0 Å². The van der Waals surface area contributed by atoms with E-state index in [-0.39, 0.29) is 18.7 Å². The van der Waals surface area contributed by atoms with Gasteiger partial charge in [0.25, 0.3) is 0 Å². The predicted molar refractivity (Wildman–Crippen MR) is 93.6 cm³/mol. The van der Waals surface area contributed by atoms with Crippen molar-refractivity contribution in [3.05, 3.63) is 36.4 Å². The number of anilines is 1. The summed E-state index contributed by atoms with van der Waals surface area (Å²) in [6.07, 6.45) is 0. The molecular weight excluding hydrogens is 308 g/mol. The van der Waals surface area contributed by atoms with Gasteiger partial charge in [-0.1, -0.05) is 18.2 Å². The molecule has 6 nitrogen and oxygen atoms in total. The van der Waals surface area contributed by atoms with E-state index in [0.717, 1.165) is 16.4 Å². The molecule has 24 heavy (non-hydrogen) atoms. The van der Waals surface area contributed by atoms with Crippen molar-refractivity contribution in [2.45, 2.75) is 13.0 Å². The Balaban J connectivity index is 2.01. The number of aliphatic hydroxyl groups excluding tert-OH is 1. The maximum atomic E-state index is 12.3. The number of rotatable bonds is 4. The fraction of sp³-hybridized carbons (Fsp3) is 0.278. The quantitative estimate of drug-likeness (QED) is 0.769. The fourth-order valence-electron chi connectivity index (χ4n) is 2.54. The van der Waals surface area contributed by atoms with Crippen LogP contribution in [0.1, 0.15) is 6.92 Å². The van der Waals surface area contributed by atoms with Crippen LogP contribution in [-0.4, -0.2) is 42.8 Å². The van der Waals surface area contributed by atoms with E-state index in [1.807, 2.05) is 30.3 Å². The molecule has 6 heteroatoms. The Kier molecular flexibility index (Phi) is 4.31. The summed E-state index contributed by atoms with van der Waals surface area (Å²) >= 11 is 0. The average Bonchev–Trinajstić information content (AvgIpc) is 2.96. The minimum absolute atomic E-state index is 0.107. The molecular formula is C18H20N2O4. The van der Waals surface area contributed by atoms with Gasteiger partial charge in [-0.3, -0.25) is 0 Å².